The minimum Gasteiger partial charge on any atom is -0.0955 e. The first-order valence-electron chi connectivity index (χ1n) is 5.99. The van der Waals surface area contributed by atoms with Crippen molar-refractivity contribution in [2.75, 3.05) is 0 Å². The van der Waals surface area contributed by atoms with Crippen LogP contribution in [-0.2, 0) is 0 Å². The second-order valence-electron chi connectivity index (χ2n) is 5.38. The molecule has 0 heteroatoms. The lowest BCUT2D eigenvalue weighted by Crippen LogP contribution is -2.21. The zero-order valence-electron chi connectivity index (χ0n) is 10.7. The van der Waals surface area contributed by atoms with Crippen LogP contribution in [0.25, 0.3) is 0 Å². The smallest absolute Gasteiger partial charge is 0.0228 e. The largest absolute Gasteiger partial charge is 0.0955 e. The lowest BCUT2D eigenvalue weighted by molar-refractivity contribution is 0.267. The van der Waals surface area contributed by atoms with Crippen molar-refractivity contribution in [3.8, 4) is 0 Å². The summed E-state index contributed by atoms with van der Waals surface area (Å²) in [5.41, 5.74) is 4.67. The van der Waals surface area contributed by atoms with E-state index in [1.165, 1.54) is 42.4 Å². The van der Waals surface area contributed by atoms with E-state index in [1.807, 2.05) is 0 Å². The van der Waals surface area contributed by atoms with E-state index in [2.05, 4.69) is 46.4 Å². The van der Waals surface area contributed by atoms with Gasteiger partial charge in [-0.3, -0.25) is 0 Å². The van der Waals surface area contributed by atoms with Crippen LogP contribution in [-0.4, -0.2) is 0 Å². The summed E-state index contributed by atoms with van der Waals surface area (Å²) in [4.78, 5) is 0. The standard InChI is InChI=1S/C15H24/c1-6-15(5)10-9-14(13(4)11-15)8-7-12(2)3/h7-8H,4,6,9-11H2,1-3,5H3/b14-8-. The maximum absolute atomic E-state index is 4.22. The summed E-state index contributed by atoms with van der Waals surface area (Å²) >= 11 is 0. The van der Waals surface area contributed by atoms with Gasteiger partial charge in [-0.2, -0.15) is 0 Å². The molecule has 15 heavy (non-hydrogen) atoms. The van der Waals surface area contributed by atoms with Gasteiger partial charge in [0, 0.05) is 0 Å². The maximum atomic E-state index is 4.22. The van der Waals surface area contributed by atoms with E-state index in [9.17, 15) is 0 Å². The molecule has 1 rings (SSSR count). The van der Waals surface area contributed by atoms with Gasteiger partial charge in [0.1, 0.15) is 0 Å². The predicted octanol–water partition coefficient (Wildman–Crippen LogP) is 5.04. The summed E-state index contributed by atoms with van der Waals surface area (Å²) in [6.07, 6.45) is 9.41. The average Bonchev–Trinajstić information content (AvgIpc) is 2.16. The van der Waals surface area contributed by atoms with E-state index in [0.29, 0.717) is 5.41 Å². The molecule has 0 spiro atoms. The minimum atomic E-state index is 0.499. The van der Waals surface area contributed by atoms with Crippen LogP contribution in [0, 0.1) is 5.41 Å². The summed E-state index contributed by atoms with van der Waals surface area (Å²) in [7, 11) is 0. The Hall–Kier alpha value is -0.780. The SMILES string of the molecule is C=C1CC(C)(CC)CC/C1=C/C=C(C)C. The van der Waals surface area contributed by atoms with Gasteiger partial charge in [0.2, 0.25) is 0 Å². The molecule has 0 aromatic rings. The third-order valence-electron chi connectivity index (χ3n) is 3.56. The van der Waals surface area contributed by atoms with Crippen LogP contribution in [0.3, 0.4) is 0 Å². The normalized spacial score (nSPS) is 29.3. The Morgan fingerprint density at radius 1 is 1.47 bits per heavy atom. The minimum absolute atomic E-state index is 0.499. The second kappa shape index (κ2) is 4.83. The molecule has 0 aliphatic heterocycles. The molecule has 0 N–H and O–H groups in total. The Kier molecular flexibility index (Phi) is 3.96. The van der Waals surface area contributed by atoms with Crippen molar-refractivity contribution in [2.24, 2.45) is 5.41 Å². The summed E-state index contributed by atoms with van der Waals surface area (Å²) in [5, 5.41) is 0. The fraction of sp³-hybridized carbons (Fsp3) is 0.600. The molecule has 1 saturated carbocycles. The van der Waals surface area contributed by atoms with Crippen LogP contribution < -0.4 is 0 Å². The van der Waals surface area contributed by atoms with Crippen LogP contribution in [0.15, 0.2) is 35.5 Å². The van der Waals surface area contributed by atoms with Gasteiger partial charge in [0.25, 0.3) is 0 Å². The fourth-order valence-electron chi connectivity index (χ4n) is 2.10. The molecule has 0 saturated heterocycles. The van der Waals surface area contributed by atoms with Crippen LogP contribution in [0.2, 0.25) is 0 Å². The molecule has 0 amide bonds. The van der Waals surface area contributed by atoms with Gasteiger partial charge in [0.15, 0.2) is 0 Å². The molecular weight excluding hydrogens is 180 g/mol. The van der Waals surface area contributed by atoms with Crippen molar-refractivity contribution in [3.63, 3.8) is 0 Å². The quantitative estimate of drug-likeness (QED) is 0.591. The van der Waals surface area contributed by atoms with E-state index in [1.54, 1.807) is 0 Å². The topological polar surface area (TPSA) is 0 Å². The Balaban J connectivity index is 2.73. The van der Waals surface area contributed by atoms with Crippen LogP contribution in [0.4, 0.5) is 0 Å². The van der Waals surface area contributed by atoms with Gasteiger partial charge >= 0.3 is 0 Å². The number of allylic oxidation sites excluding steroid dienone is 5. The van der Waals surface area contributed by atoms with Crippen molar-refractivity contribution in [1.82, 2.24) is 0 Å². The molecule has 1 unspecified atom stereocenters. The van der Waals surface area contributed by atoms with Gasteiger partial charge in [-0.15, -0.1) is 0 Å². The molecule has 1 atom stereocenters. The first-order chi connectivity index (χ1) is 6.97. The molecule has 1 fully saturated rings. The molecule has 0 aromatic heterocycles. The van der Waals surface area contributed by atoms with Crippen molar-refractivity contribution < 1.29 is 0 Å². The van der Waals surface area contributed by atoms with Crippen molar-refractivity contribution in [1.29, 1.82) is 0 Å². The average molecular weight is 204 g/mol. The molecule has 1 aliphatic carbocycles. The highest BCUT2D eigenvalue weighted by atomic mass is 14.3. The van der Waals surface area contributed by atoms with Gasteiger partial charge < -0.3 is 0 Å². The van der Waals surface area contributed by atoms with Crippen molar-refractivity contribution >= 4 is 0 Å². The molecule has 84 valence electrons. The van der Waals surface area contributed by atoms with Crippen molar-refractivity contribution in [2.45, 2.75) is 53.4 Å². The summed E-state index contributed by atoms with van der Waals surface area (Å²) < 4.78 is 0. The van der Waals surface area contributed by atoms with Gasteiger partial charge in [0.05, 0.1) is 0 Å². The third kappa shape index (κ3) is 3.37. The number of hydrogen-bond donors (Lipinski definition) is 0. The molecule has 0 heterocycles. The Morgan fingerprint density at radius 3 is 2.60 bits per heavy atom. The van der Waals surface area contributed by atoms with Crippen LogP contribution >= 0.6 is 0 Å². The highest BCUT2D eigenvalue weighted by Crippen LogP contribution is 2.43. The molecular formula is C15H24. The summed E-state index contributed by atoms with van der Waals surface area (Å²) in [6.45, 7) is 13.2. The molecule has 0 radical (unpaired) electrons. The second-order valence-corrected chi connectivity index (χ2v) is 5.38. The maximum Gasteiger partial charge on any atom is -0.0228 e. The van der Waals surface area contributed by atoms with E-state index in [0.717, 1.165) is 0 Å². The number of rotatable bonds is 2. The Bertz CT molecular complexity index is 300. The highest BCUT2D eigenvalue weighted by Gasteiger charge is 2.28. The number of hydrogen-bond acceptors (Lipinski definition) is 0. The van der Waals surface area contributed by atoms with Crippen LogP contribution in [0.1, 0.15) is 53.4 Å². The first kappa shape index (κ1) is 12.3. The van der Waals surface area contributed by atoms with Crippen LogP contribution in [0.5, 0.6) is 0 Å². The predicted molar refractivity (Wildman–Crippen MR) is 68.9 cm³/mol. The summed E-state index contributed by atoms with van der Waals surface area (Å²) in [5.74, 6) is 0. The monoisotopic (exact) mass is 204 g/mol. The molecule has 0 nitrogen and oxygen atoms in total. The zero-order chi connectivity index (χ0) is 11.5. The lowest BCUT2D eigenvalue weighted by atomic mass is 9.70. The van der Waals surface area contributed by atoms with Gasteiger partial charge in [-0.05, 0) is 44.1 Å². The molecule has 0 bridgehead atoms. The van der Waals surface area contributed by atoms with E-state index in [4.69, 9.17) is 0 Å². The first-order valence-corrected chi connectivity index (χ1v) is 5.99. The zero-order valence-corrected chi connectivity index (χ0v) is 10.7. The Morgan fingerprint density at radius 2 is 2.13 bits per heavy atom. The van der Waals surface area contributed by atoms with E-state index >= 15 is 0 Å². The highest BCUT2D eigenvalue weighted by molar-refractivity contribution is 5.35. The summed E-state index contributed by atoms with van der Waals surface area (Å²) in [6, 6.07) is 0. The Labute approximate surface area is 94.8 Å². The fourth-order valence-corrected chi connectivity index (χ4v) is 2.10. The van der Waals surface area contributed by atoms with E-state index < -0.39 is 0 Å². The van der Waals surface area contributed by atoms with Gasteiger partial charge in [-0.1, -0.05) is 50.1 Å². The van der Waals surface area contributed by atoms with E-state index in [-0.39, 0.29) is 0 Å². The van der Waals surface area contributed by atoms with Crippen molar-refractivity contribution in [3.05, 3.63) is 35.5 Å². The molecule has 1 aliphatic rings. The van der Waals surface area contributed by atoms with Gasteiger partial charge in [-0.25, -0.2) is 0 Å². The third-order valence-corrected chi connectivity index (χ3v) is 3.56. The lowest BCUT2D eigenvalue weighted by Gasteiger charge is -2.35. The molecule has 0 aromatic carbocycles.